The summed E-state index contributed by atoms with van der Waals surface area (Å²) < 4.78 is 34.9. The average molecular weight is 440 g/mol. The van der Waals surface area contributed by atoms with Crippen molar-refractivity contribution in [2.45, 2.75) is 0 Å². The zero-order valence-electron chi connectivity index (χ0n) is 9.71. The van der Waals surface area contributed by atoms with Gasteiger partial charge in [-0.05, 0) is 0 Å². The first-order valence-corrected chi connectivity index (χ1v) is 9.08. The smallest absolute Gasteiger partial charge is 0.790 e. The quantitative estimate of drug-likeness (QED) is 0.150. The van der Waals surface area contributed by atoms with E-state index in [1.807, 2.05) is 0 Å². The van der Waals surface area contributed by atoms with Gasteiger partial charge in [-0.15, -0.1) is 0 Å². The Kier molecular flexibility index (Phi) is 28.3. The Morgan fingerprint density at radius 2 is 0.455 bits per heavy atom. The molecule has 0 amide bonds. The number of phosphoric acid groups is 4. The Morgan fingerprint density at radius 1 is 0.455 bits per heavy atom. The Bertz CT molecular complexity index is 289. The Hall–Kier alpha value is 1.50. The van der Waals surface area contributed by atoms with Gasteiger partial charge in [0.2, 0.25) is 0 Å². The SMILES string of the molecule is O=P(O)(O)O.O=P([O-])([O-])O.O=P([O-])([O-])O.O=P([O-])([O-])O.[Al+3].[Al+3]. The fourth-order valence-electron chi connectivity index (χ4n) is 0. The summed E-state index contributed by atoms with van der Waals surface area (Å²) in [5.74, 6) is 0. The molecule has 22 heteroatoms. The first-order chi connectivity index (χ1) is 8.00. The molecular formula is H6Al2O16P4. The molecule has 0 unspecified atom stereocenters. The Morgan fingerprint density at radius 3 is 0.455 bits per heavy atom. The fourth-order valence-corrected chi connectivity index (χ4v) is 0. The molecule has 0 aliphatic rings. The van der Waals surface area contributed by atoms with Crippen LogP contribution in [0.3, 0.4) is 0 Å². The zero-order chi connectivity index (χ0) is 18.0. The van der Waals surface area contributed by atoms with E-state index in [4.69, 9.17) is 77.0 Å². The zero-order valence-corrected chi connectivity index (χ0v) is 15.6. The third kappa shape index (κ3) is 3990. The van der Waals surface area contributed by atoms with Crippen molar-refractivity contribution < 1.29 is 77.0 Å². The normalized spacial score (nSPS) is 10.7. The van der Waals surface area contributed by atoms with Crippen molar-refractivity contribution in [3.63, 3.8) is 0 Å². The van der Waals surface area contributed by atoms with Gasteiger partial charge in [-0.3, -0.25) is 0 Å². The van der Waals surface area contributed by atoms with Gasteiger partial charge in [-0.1, -0.05) is 0 Å². The van der Waals surface area contributed by atoms with E-state index in [2.05, 4.69) is 0 Å². The van der Waals surface area contributed by atoms with Crippen molar-refractivity contribution in [1.29, 1.82) is 0 Å². The van der Waals surface area contributed by atoms with Gasteiger partial charge in [0.25, 0.3) is 0 Å². The van der Waals surface area contributed by atoms with Gasteiger partial charge < -0.3 is 72.4 Å². The predicted octanol–water partition coefficient (Wildman–Crippen LogP) is -8.27. The molecule has 0 rings (SSSR count). The molecule has 0 saturated heterocycles. The maximum atomic E-state index is 8.88. The van der Waals surface area contributed by atoms with Crippen LogP contribution >= 0.6 is 31.3 Å². The molecule has 0 radical (unpaired) electrons. The fraction of sp³-hybridized carbons (Fsp3) is 0. The third-order valence-corrected chi connectivity index (χ3v) is 0. The maximum Gasteiger partial charge on any atom is 3.00 e. The summed E-state index contributed by atoms with van der Waals surface area (Å²) in [7, 11) is -20.1. The molecule has 128 valence electrons. The van der Waals surface area contributed by atoms with Crippen molar-refractivity contribution in [3.05, 3.63) is 0 Å². The van der Waals surface area contributed by atoms with Crippen molar-refractivity contribution in [1.82, 2.24) is 0 Å². The summed E-state index contributed by atoms with van der Waals surface area (Å²) >= 11 is 0. The molecule has 22 heavy (non-hydrogen) atoms. The van der Waals surface area contributed by atoms with E-state index in [9.17, 15) is 0 Å². The van der Waals surface area contributed by atoms with Gasteiger partial charge in [0.05, 0.1) is 23.5 Å². The minimum Gasteiger partial charge on any atom is -0.790 e. The van der Waals surface area contributed by atoms with Gasteiger partial charge in [0.1, 0.15) is 0 Å². The van der Waals surface area contributed by atoms with E-state index in [-0.39, 0.29) is 34.7 Å². The van der Waals surface area contributed by atoms with E-state index in [0.29, 0.717) is 0 Å². The molecule has 0 heterocycles. The second-order valence-electron chi connectivity index (χ2n) is 1.92. The van der Waals surface area contributed by atoms with Crippen LogP contribution in [-0.4, -0.2) is 64.1 Å². The van der Waals surface area contributed by atoms with Crippen molar-refractivity contribution in [2.24, 2.45) is 0 Å². The third-order valence-electron chi connectivity index (χ3n) is 0. The predicted molar refractivity (Wildman–Crippen MR) is 55.2 cm³/mol. The molecule has 0 aliphatic heterocycles. The summed E-state index contributed by atoms with van der Waals surface area (Å²) in [5, 5.41) is 0. The molecule has 0 aromatic rings. The summed E-state index contributed by atoms with van der Waals surface area (Å²) in [5.41, 5.74) is 0. The number of hydrogen-bond donors (Lipinski definition) is 6. The molecule has 0 fully saturated rings. The van der Waals surface area contributed by atoms with Gasteiger partial charge in [-0.2, -0.15) is 0 Å². The summed E-state index contributed by atoms with van der Waals surface area (Å²) in [6.07, 6.45) is 0. The van der Waals surface area contributed by atoms with Crippen LogP contribution < -0.4 is 29.4 Å². The van der Waals surface area contributed by atoms with Crippen LogP contribution in [0, 0.1) is 0 Å². The first kappa shape index (κ1) is 38.9. The molecule has 0 saturated carbocycles. The molecule has 0 aromatic carbocycles. The van der Waals surface area contributed by atoms with Gasteiger partial charge in [0.15, 0.2) is 0 Å². The monoisotopic (exact) mass is 440 g/mol. The number of rotatable bonds is 0. The van der Waals surface area contributed by atoms with Gasteiger partial charge in [-0.25, -0.2) is 4.57 Å². The first-order valence-electron chi connectivity index (χ1n) is 3.03. The minimum atomic E-state index is -5.14. The molecule has 16 nitrogen and oxygen atoms in total. The summed E-state index contributed by atoms with van der Waals surface area (Å²) in [6.45, 7) is 0. The second kappa shape index (κ2) is 16.0. The Labute approximate surface area is 143 Å². The van der Waals surface area contributed by atoms with Crippen LogP contribution in [0.4, 0.5) is 0 Å². The molecular weight excluding hydrogens is 434 g/mol. The Balaban J connectivity index is -0.0000000376. The molecule has 0 atom stereocenters. The number of hydrogen-bond acceptors (Lipinski definition) is 10. The van der Waals surface area contributed by atoms with Gasteiger partial charge in [0, 0.05) is 0 Å². The van der Waals surface area contributed by atoms with Crippen molar-refractivity contribution in [2.75, 3.05) is 0 Å². The van der Waals surface area contributed by atoms with Gasteiger partial charge >= 0.3 is 42.5 Å². The minimum absolute atomic E-state index is 0. The van der Waals surface area contributed by atoms with E-state index >= 15 is 0 Å². The van der Waals surface area contributed by atoms with E-state index in [1.165, 1.54) is 0 Å². The molecule has 0 aromatic heterocycles. The molecule has 0 spiro atoms. The molecule has 6 N–H and O–H groups in total. The van der Waals surface area contributed by atoms with Crippen LogP contribution in [0.1, 0.15) is 0 Å². The molecule has 0 bridgehead atoms. The topological polar surface area (TPSA) is 328 Å². The standard InChI is InChI=1S/2Al.4H3O4P/c;;4*1-5(2,3)4/h;;4*(H3,1,2,3,4)/q2*+3;;;;/p-6. The van der Waals surface area contributed by atoms with Crippen LogP contribution in [-0.2, 0) is 18.3 Å². The van der Waals surface area contributed by atoms with E-state index in [0.717, 1.165) is 0 Å². The van der Waals surface area contributed by atoms with Crippen LogP contribution in [0.5, 0.6) is 0 Å². The summed E-state index contributed by atoms with van der Waals surface area (Å²) in [4.78, 5) is 94.4. The van der Waals surface area contributed by atoms with E-state index < -0.39 is 31.3 Å². The largest absolute Gasteiger partial charge is 3.00 e. The second-order valence-corrected chi connectivity index (χ2v) is 5.76. The van der Waals surface area contributed by atoms with Crippen LogP contribution in [0.25, 0.3) is 0 Å². The van der Waals surface area contributed by atoms with E-state index in [1.54, 1.807) is 0 Å². The van der Waals surface area contributed by atoms with Crippen molar-refractivity contribution >= 4 is 66.0 Å². The van der Waals surface area contributed by atoms with Crippen LogP contribution in [0.15, 0.2) is 0 Å². The maximum absolute atomic E-state index is 8.88. The average Bonchev–Trinajstić information content (AvgIpc) is 1.62. The summed E-state index contributed by atoms with van der Waals surface area (Å²) in [6, 6.07) is 0. The molecule has 0 aliphatic carbocycles. The van der Waals surface area contributed by atoms with Crippen LogP contribution in [0.2, 0.25) is 0 Å². The van der Waals surface area contributed by atoms with Crippen molar-refractivity contribution in [3.8, 4) is 0 Å².